The summed E-state index contributed by atoms with van der Waals surface area (Å²) >= 11 is 0. The molecule has 0 aromatic heterocycles. The second kappa shape index (κ2) is 7.02. The SMILES string of the molecule is CC1(NC(=O)Nc2cc(C(F)(F)F)ccc2-c2ccccc2)CCCC1. The van der Waals surface area contributed by atoms with Crippen molar-refractivity contribution < 1.29 is 18.0 Å². The lowest BCUT2D eigenvalue weighted by Gasteiger charge is -2.26. The minimum atomic E-state index is -4.47. The van der Waals surface area contributed by atoms with Gasteiger partial charge in [0.1, 0.15) is 0 Å². The van der Waals surface area contributed by atoms with Gasteiger partial charge < -0.3 is 10.6 Å². The lowest BCUT2D eigenvalue weighted by molar-refractivity contribution is -0.137. The summed E-state index contributed by atoms with van der Waals surface area (Å²) in [6.45, 7) is 1.96. The smallest absolute Gasteiger partial charge is 0.333 e. The Balaban J connectivity index is 1.90. The Kier molecular flexibility index (Phi) is 4.94. The normalized spacial score (nSPS) is 16.3. The number of amides is 2. The van der Waals surface area contributed by atoms with Crippen LogP contribution in [0.3, 0.4) is 0 Å². The molecule has 2 aromatic carbocycles. The van der Waals surface area contributed by atoms with Crippen molar-refractivity contribution in [1.29, 1.82) is 0 Å². The van der Waals surface area contributed by atoms with Crippen molar-refractivity contribution >= 4 is 11.7 Å². The average Bonchev–Trinajstić information content (AvgIpc) is 3.00. The van der Waals surface area contributed by atoms with Crippen molar-refractivity contribution in [2.45, 2.75) is 44.3 Å². The molecule has 0 spiro atoms. The quantitative estimate of drug-likeness (QED) is 0.709. The molecule has 0 radical (unpaired) electrons. The van der Waals surface area contributed by atoms with Crippen molar-refractivity contribution in [3.05, 3.63) is 54.1 Å². The predicted octanol–water partition coefficient (Wildman–Crippen LogP) is 5.83. The fourth-order valence-corrected chi connectivity index (χ4v) is 3.40. The van der Waals surface area contributed by atoms with E-state index < -0.39 is 17.8 Å². The van der Waals surface area contributed by atoms with Gasteiger partial charge in [0.25, 0.3) is 0 Å². The first-order chi connectivity index (χ1) is 12.3. The van der Waals surface area contributed by atoms with E-state index in [-0.39, 0.29) is 11.2 Å². The van der Waals surface area contributed by atoms with Gasteiger partial charge in [-0.2, -0.15) is 13.2 Å². The number of nitrogens with one attached hydrogen (secondary N) is 2. The number of carbonyl (C=O) groups is 1. The predicted molar refractivity (Wildman–Crippen MR) is 95.9 cm³/mol. The van der Waals surface area contributed by atoms with E-state index in [1.807, 2.05) is 13.0 Å². The van der Waals surface area contributed by atoms with Crippen LogP contribution in [0.1, 0.15) is 38.2 Å². The highest BCUT2D eigenvalue weighted by atomic mass is 19.4. The average molecular weight is 362 g/mol. The van der Waals surface area contributed by atoms with Crippen LogP contribution in [0.4, 0.5) is 23.7 Å². The zero-order chi connectivity index (χ0) is 18.8. The summed E-state index contributed by atoms with van der Waals surface area (Å²) in [5.41, 5.74) is 0.331. The van der Waals surface area contributed by atoms with E-state index in [0.717, 1.165) is 43.4 Å². The van der Waals surface area contributed by atoms with E-state index >= 15 is 0 Å². The van der Waals surface area contributed by atoms with Crippen molar-refractivity contribution in [3.63, 3.8) is 0 Å². The fourth-order valence-electron chi connectivity index (χ4n) is 3.40. The van der Waals surface area contributed by atoms with Crippen molar-refractivity contribution in [3.8, 4) is 11.1 Å². The summed E-state index contributed by atoms with van der Waals surface area (Å²) in [5.74, 6) is 0. The molecule has 0 saturated heterocycles. The zero-order valence-corrected chi connectivity index (χ0v) is 14.5. The minimum absolute atomic E-state index is 0.144. The second-order valence-corrected chi connectivity index (χ2v) is 6.97. The van der Waals surface area contributed by atoms with Crippen LogP contribution >= 0.6 is 0 Å². The minimum Gasteiger partial charge on any atom is -0.333 e. The van der Waals surface area contributed by atoms with Gasteiger partial charge in [-0.15, -0.1) is 0 Å². The summed E-state index contributed by atoms with van der Waals surface area (Å²) in [5, 5.41) is 5.53. The van der Waals surface area contributed by atoms with E-state index in [2.05, 4.69) is 10.6 Å². The van der Waals surface area contributed by atoms with Crippen LogP contribution in [0, 0.1) is 0 Å². The first kappa shape index (κ1) is 18.3. The molecule has 2 N–H and O–H groups in total. The van der Waals surface area contributed by atoms with Gasteiger partial charge in [-0.3, -0.25) is 0 Å². The van der Waals surface area contributed by atoms with Crippen LogP contribution in [0.5, 0.6) is 0 Å². The maximum absolute atomic E-state index is 13.1. The Hall–Kier alpha value is -2.50. The highest BCUT2D eigenvalue weighted by molar-refractivity contribution is 5.95. The van der Waals surface area contributed by atoms with Crippen LogP contribution in [0.15, 0.2) is 48.5 Å². The van der Waals surface area contributed by atoms with Gasteiger partial charge in [0.05, 0.1) is 11.3 Å². The molecule has 26 heavy (non-hydrogen) atoms. The molecule has 2 aromatic rings. The lowest BCUT2D eigenvalue weighted by Crippen LogP contribution is -2.45. The van der Waals surface area contributed by atoms with Gasteiger partial charge in [0, 0.05) is 11.1 Å². The molecule has 3 rings (SSSR count). The molecule has 6 heteroatoms. The molecule has 2 amide bonds. The van der Waals surface area contributed by atoms with Crippen molar-refractivity contribution in [1.82, 2.24) is 5.32 Å². The molecular weight excluding hydrogens is 341 g/mol. The summed E-state index contributed by atoms with van der Waals surface area (Å²) in [7, 11) is 0. The highest BCUT2D eigenvalue weighted by Crippen LogP contribution is 2.36. The summed E-state index contributed by atoms with van der Waals surface area (Å²) < 4.78 is 39.3. The summed E-state index contributed by atoms with van der Waals surface area (Å²) in [4.78, 5) is 12.4. The number of benzene rings is 2. The van der Waals surface area contributed by atoms with Crippen molar-refractivity contribution in [2.24, 2.45) is 0 Å². The molecule has 0 bridgehead atoms. The van der Waals surface area contributed by atoms with Gasteiger partial charge in [0.2, 0.25) is 0 Å². The molecule has 1 fully saturated rings. The molecule has 0 aliphatic heterocycles. The number of rotatable bonds is 3. The first-order valence-corrected chi connectivity index (χ1v) is 8.63. The number of hydrogen-bond acceptors (Lipinski definition) is 1. The molecule has 1 aliphatic rings. The third-order valence-corrected chi connectivity index (χ3v) is 4.80. The molecule has 138 valence electrons. The van der Waals surface area contributed by atoms with Crippen LogP contribution in [0.2, 0.25) is 0 Å². The van der Waals surface area contributed by atoms with Crippen molar-refractivity contribution in [2.75, 3.05) is 5.32 Å². The monoisotopic (exact) mass is 362 g/mol. The van der Waals surface area contributed by atoms with E-state index in [9.17, 15) is 18.0 Å². The number of urea groups is 1. The molecular formula is C20H21F3N2O. The lowest BCUT2D eigenvalue weighted by atomic mass is 10.0. The molecule has 1 saturated carbocycles. The molecule has 1 aliphatic carbocycles. The molecule has 0 heterocycles. The number of hydrogen-bond donors (Lipinski definition) is 2. The summed E-state index contributed by atoms with van der Waals surface area (Å²) in [6, 6.07) is 12.0. The Morgan fingerprint density at radius 2 is 1.69 bits per heavy atom. The van der Waals surface area contributed by atoms with Gasteiger partial charge >= 0.3 is 12.2 Å². The van der Waals surface area contributed by atoms with E-state index in [1.165, 1.54) is 6.07 Å². The fraction of sp³-hybridized carbons (Fsp3) is 0.350. The van der Waals surface area contributed by atoms with Crippen LogP contribution in [-0.4, -0.2) is 11.6 Å². The van der Waals surface area contributed by atoms with E-state index in [0.29, 0.717) is 5.56 Å². The third-order valence-electron chi connectivity index (χ3n) is 4.80. The number of anilines is 1. The Morgan fingerprint density at radius 1 is 1.04 bits per heavy atom. The maximum atomic E-state index is 13.1. The third kappa shape index (κ3) is 4.18. The van der Waals surface area contributed by atoms with Gasteiger partial charge in [-0.1, -0.05) is 49.2 Å². The second-order valence-electron chi connectivity index (χ2n) is 6.97. The molecule has 3 nitrogen and oxygen atoms in total. The topological polar surface area (TPSA) is 41.1 Å². The van der Waals surface area contributed by atoms with Crippen LogP contribution in [-0.2, 0) is 6.18 Å². The molecule has 0 unspecified atom stereocenters. The first-order valence-electron chi connectivity index (χ1n) is 8.63. The standard InChI is InChI=1S/C20H21F3N2O/c1-19(11-5-6-12-19)25-18(26)24-17-13-15(20(21,22)23)9-10-16(17)14-7-3-2-4-8-14/h2-4,7-10,13H,5-6,11-12H2,1H3,(H2,24,25,26). The van der Waals surface area contributed by atoms with Crippen LogP contribution in [0.25, 0.3) is 11.1 Å². The number of alkyl halides is 3. The van der Waals surface area contributed by atoms with Gasteiger partial charge in [-0.25, -0.2) is 4.79 Å². The number of halogens is 3. The maximum Gasteiger partial charge on any atom is 0.416 e. The van der Waals surface area contributed by atoms with E-state index in [4.69, 9.17) is 0 Å². The Morgan fingerprint density at radius 3 is 2.31 bits per heavy atom. The highest BCUT2D eigenvalue weighted by Gasteiger charge is 2.32. The van der Waals surface area contributed by atoms with Gasteiger partial charge in [0.15, 0.2) is 0 Å². The Bertz CT molecular complexity index is 781. The van der Waals surface area contributed by atoms with E-state index in [1.54, 1.807) is 24.3 Å². The Labute approximate surface area is 150 Å². The summed E-state index contributed by atoms with van der Waals surface area (Å²) in [6.07, 6.45) is -0.659. The van der Waals surface area contributed by atoms with Gasteiger partial charge in [-0.05, 0) is 37.5 Å². The largest absolute Gasteiger partial charge is 0.416 e. The zero-order valence-electron chi connectivity index (χ0n) is 14.5. The number of carbonyl (C=O) groups excluding carboxylic acids is 1. The molecule has 0 atom stereocenters. The van der Waals surface area contributed by atoms with Crippen LogP contribution < -0.4 is 10.6 Å².